The van der Waals surface area contributed by atoms with Gasteiger partial charge in [0.1, 0.15) is 0 Å². The molecule has 18 heavy (non-hydrogen) atoms. The van der Waals surface area contributed by atoms with Crippen molar-refractivity contribution in [3.8, 4) is 11.1 Å². The molecule has 0 saturated carbocycles. The zero-order valence-electron chi connectivity index (χ0n) is 10.6. The van der Waals surface area contributed by atoms with Gasteiger partial charge in [-0.2, -0.15) is 0 Å². The summed E-state index contributed by atoms with van der Waals surface area (Å²) in [5.41, 5.74) is 3.76. The van der Waals surface area contributed by atoms with Gasteiger partial charge in [0.2, 0.25) is 0 Å². The third-order valence-electron chi connectivity index (χ3n) is 2.87. The minimum absolute atomic E-state index is 0.0741. The molecule has 2 aromatic rings. The van der Waals surface area contributed by atoms with Crippen LogP contribution in [0.1, 0.15) is 23.0 Å². The zero-order chi connectivity index (χ0) is 13.0. The van der Waals surface area contributed by atoms with E-state index in [-0.39, 0.29) is 5.91 Å². The van der Waals surface area contributed by atoms with Gasteiger partial charge in [-0.25, -0.2) is 0 Å². The topological polar surface area (TPSA) is 42.0 Å². The standard InChI is InChI=1S/C15H16N2O/c1-3-14-8-7-13(10-17-14)11-5-4-6-12(9-11)15(18)16-2/h4-10H,3H2,1-2H3,(H,16,18). The number of nitrogens with one attached hydrogen (secondary N) is 1. The normalized spacial score (nSPS) is 10.1. The summed E-state index contributed by atoms with van der Waals surface area (Å²) < 4.78 is 0. The second kappa shape index (κ2) is 5.45. The minimum Gasteiger partial charge on any atom is -0.355 e. The maximum atomic E-state index is 11.6. The van der Waals surface area contributed by atoms with Crippen LogP contribution in [0.4, 0.5) is 0 Å². The second-order valence-electron chi connectivity index (χ2n) is 4.05. The first-order valence-electron chi connectivity index (χ1n) is 6.02. The highest BCUT2D eigenvalue weighted by atomic mass is 16.1. The van der Waals surface area contributed by atoms with E-state index in [0.717, 1.165) is 23.2 Å². The largest absolute Gasteiger partial charge is 0.355 e. The van der Waals surface area contributed by atoms with Crippen molar-refractivity contribution in [2.24, 2.45) is 0 Å². The predicted octanol–water partition coefficient (Wildman–Crippen LogP) is 2.67. The van der Waals surface area contributed by atoms with Gasteiger partial charge in [-0.15, -0.1) is 0 Å². The monoisotopic (exact) mass is 240 g/mol. The average molecular weight is 240 g/mol. The first-order valence-corrected chi connectivity index (χ1v) is 6.02. The average Bonchev–Trinajstić information content (AvgIpc) is 2.46. The Hall–Kier alpha value is -2.16. The third kappa shape index (κ3) is 2.56. The van der Waals surface area contributed by atoms with Crippen molar-refractivity contribution in [1.82, 2.24) is 10.3 Å². The predicted molar refractivity (Wildman–Crippen MR) is 72.4 cm³/mol. The molecule has 0 saturated heterocycles. The summed E-state index contributed by atoms with van der Waals surface area (Å²) in [5.74, 6) is -0.0741. The Bertz CT molecular complexity index is 547. The summed E-state index contributed by atoms with van der Waals surface area (Å²) in [6.45, 7) is 2.08. The molecule has 0 unspecified atom stereocenters. The van der Waals surface area contributed by atoms with E-state index in [9.17, 15) is 4.79 Å². The summed E-state index contributed by atoms with van der Waals surface area (Å²) >= 11 is 0. The molecule has 1 heterocycles. The lowest BCUT2D eigenvalue weighted by molar-refractivity contribution is 0.0963. The van der Waals surface area contributed by atoms with Gasteiger partial charge in [0.25, 0.3) is 5.91 Å². The molecular weight excluding hydrogens is 224 g/mol. The van der Waals surface area contributed by atoms with Gasteiger partial charge < -0.3 is 5.32 Å². The van der Waals surface area contributed by atoms with E-state index in [0.29, 0.717) is 5.56 Å². The molecule has 3 nitrogen and oxygen atoms in total. The van der Waals surface area contributed by atoms with Crippen molar-refractivity contribution in [2.45, 2.75) is 13.3 Å². The number of benzene rings is 1. The highest BCUT2D eigenvalue weighted by Crippen LogP contribution is 2.19. The summed E-state index contributed by atoms with van der Waals surface area (Å²) in [6.07, 6.45) is 2.78. The minimum atomic E-state index is -0.0741. The highest BCUT2D eigenvalue weighted by molar-refractivity contribution is 5.95. The van der Waals surface area contributed by atoms with Crippen LogP contribution in [0.2, 0.25) is 0 Å². The molecule has 1 N–H and O–H groups in total. The SMILES string of the molecule is CCc1ccc(-c2cccc(C(=O)NC)c2)cn1. The summed E-state index contributed by atoms with van der Waals surface area (Å²) in [7, 11) is 1.63. The number of aromatic nitrogens is 1. The molecule has 1 amide bonds. The highest BCUT2D eigenvalue weighted by Gasteiger charge is 2.05. The number of hydrogen-bond acceptors (Lipinski definition) is 2. The number of pyridine rings is 1. The Balaban J connectivity index is 2.35. The second-order valence-corrected chi connectivity index (χ2v) is 4.05. The Morgan fingerprint density at radius 2 is 2.06 bits per heavy atom. The van der Waals surface area contributed by atoms with E-state index in [1.165, 1.54) is 0 Å². The number of rotatable bonds is 3. The molecule has 0 aliphatic heterocycles. The molecule has 1 aromatic carbocycles. The maximum absolute atomic E-state index is 11.6. The quantitative estimate of drug-likeness (QED) is 0.896. The van der Waals surface area contributed by atoms with Gasteiger partial charge in [0.15, 0.2) is 0 Å². The summed E-state index contributed by atoms with van der Waals surface area (Å²) in [4.78, 5) is 15.9. The Morgan fingerprint density at radius 3 is 2.67 bits per heavy atom. The molecule has 1 aromatic heterocycles. The van der Waals surface area contributed by atoms with Crippen LogP contribution in [0.25, 0.3) is 11.1 Å². The molecule has 3 heteroatoms. The van der Waals surface area contributed by atoms with Crippen LogP contribution >= 0.6 is 0 Å². The summed E-state index contributed by atoms with van der Waals surface area (Å²) in [5, 5.41) is 2.62. The molecule has 2 rings (SSSR count). The van der Waals surface area contributed by atoms with E-state index < -0.39 is 0 Å². The van der Waals surface area contributed by atoms with Gasteiger partial charge in [0.05, 0.1) is 0 Å². The maximum Gasteiger partial charge on any atom is 0.251 e. The van der Waals surface area contributed by atoms with Crippen LogP contribution in [-0.4, -0.2) is 17.9 Å². The lowest BCUT2D eigenvalue weighted by atomic mass is 10.0. The van der Waals surface area contributed by atoms with Crippen LogP contribution < -0.4 is 5.32 Å². The Labute approximate surface area is 107 Å². The van der Waals surface area contributed by atoms with Crippen molar-refractivity contribution in [2.75, 3.05) is 7.05 Å². The van der Waals surface area contributed by atoms with Crippen molar-refractivity contribution < 1.29 is 4.79 Å². The van der Waals surface area contributed by atoms with Crippen LogP contribution in [0.5, 0.6) is 0 Å². The number of hydrogen-bond donors (Lipinski definition) is 1. The first-order chi connectivity index (χ1) is 8.74. The van der Waals surface area contributed by atoms with Gasteiger partial charge >= 0.3 is 0 Å². The number of carbonyl (C=O) groups is 1. The molecule has 0 radical (unpaired) electrons. The molecule has 0 aliphatic carbocycles. The van der Waals surface area contributed by atoms with E-state index in [1.807, 2.05) is 36.5 Å². The Morgan fingerprint density at radius 1 is 1.22 bits per heavy atom. The zero-order valence-corrected chi connectivity index (χ0v) is 10.6. The number of nitrogens with zero attached hydrogens (tertiary/aromatic N) is 1. The van der Waals surface area contributed by atoms with Gasteiger partial charge in [0, 0.05) is 30.1 Å². The number of aryl methyl sites for hydroxylation is 1. The van der Waals surface area contributed by atoms with Crippen molar-refractivity contribution in [3.05, 3.63) is 53.9 Å². The fourth-order valence-electron chi connectivity index (χ4n) is 1.79. The molecule has 0 spiro atoms. The van der Waals surface area contributed by atoms with Gasteiger partial charge in [-0.3, -0.25) is 9.78 Å². The van der Waals surface area contributed by atoms with Crippen LogP contribution in [0, 0.1) is 0 Å². The molecule has 92 valence electrons. The lowest BCUT2D eigenvalue weighted by Crippen LogP contribution is -2.17. The summed E-state index contributed by atoms with van der Waals surface area (Å²) in [6, 6.07) is 11.6. The molecule has 0 bridgehead atoms. The van der Waals surface area contributed by atoms with E-state index in [4.69, 9.17) is 0 Å². The number of carbonyl (C=O) groups excluding carboxylic acids is 1. The fraction of sp³-hybridized carbons (Fsp3) is 0.200. The fourth-order valence-corrected chi connectivity index (χ4v) is 1.79. The number of amides is 1. The third-order valence-corrected chi connectivity index (χ3v) is 2.87. The van der Waals surface area contributed by atoms with E-state index in [2.05, 4.69) is 17.2 Å². The van der Waals surface area contributed by atoms with E-state index >= 15 is 0 Å². The van der Waals surface area contributed by atoms with Crippen LogP contribution in [-0.2, 0) is 6.42 Å². The smallest absolute Gasteiger partial charge is 0.251 e. The molecule has 0 fully saturated rings. The van der Waals surface area contributed by atoms with E-state index in [1.54, 1.807) is 13.1 Å². The lowest BCUT2D eigenvalue weighted by Gasteiger charge is -2.05. The molecule has 0 atom stereocenters. The van der Waals surface area contributed by atoms with Gasteiger partial charge in [-0.05, 0) is 30.2 Å². The first kappa shape index (κ1) is 12.3. The van der Waals surface area contributed by atoms with Gasteiger partial charge in [-0.1, -0.05) is 25.1 Å². The Kier molecular flexibility index (Phi) is 3.72. The molecule has 0 aliphatic rings. The van der Waals surface area contributed by atoms with Crippen molar-refractivity contribution in [1.29, 1.82) is 0 Å². The van der Waals surface area contributed by atoms with Crippen LogP contribution in [0.15, 0.2) is 42.6 Å². The molecular formula is C15H16N2O. The van der Waals surface area contributed by atoms with Crippen LogP contribution in [0.3, 0.4) is 0 Å². The van der Waals surface area contributed by atoms with Crippen molar-refractivity contribution >= 4 is 5.91 Å². The van der Waals surface area contributed by atoms with Crippen molar-refractivity contribution in [3.63, 3.8) is 0 Å².